The molecular formula is C11H16O2. The maximum absolute atomic E-state index is 11.7. The number of hydrogen-bond donors (Lipinski definition) is 0. The Morgan fingerprint density at radius 3 is 2.77 bits per heavy atom. The molecule has 0 amide bonds. The summed E-state index contributed by atoms with van der Waals surface area (Å²) in [6.07, 6.45) is 4.67. The van der Waals surface area contributed by atoms with Crippen LogP contribution in [0.3, 0.4) is 0 Å². The molecule has 72 valence electrons. The van der Waals surface area contributed by atoms with Crippen molar-refractivity contribution in [2.45, 2.75) is 32.6 Å². The highest BCUT2D eigenvalue weighted by Crippen LogP contribution is 2.61. The standard InChI is InChI=1S/C11H16O2/c1-7-4-9-5-8(7)6-11(9)2-3-13-10(11)12/h7-9H,2-6H2,1H3/t7-,8?,9?,11?/m0/s1. The highest BCUT2D eigenvalue weighted by Gasteiger charge is 2.60. The van der Waals surface area contributed by atoms with Gasteiger partial charge in [0.15, 0.2) is 0 Å². The molecule has 0 N–H and O–H groups in total. The fourth-order valence-corrected chi connectivity index (χ4v) is 3.83. The lowest BCUT2D eigenvalue weighted by Gasteiger charge is -2.31. The van der Waals surface area contributed by atoms with E-state index in [-0.39, 0.29) is 11.4 Å². The summed E-state index contributed by atoms with van der Waals surface area (Å²) in [5.74, 6) is 2.44. The Morgan fingerprint density at radius 1 is 1.46 bits per heavy atom. The van der Waals surface area contributed by atoms with Crippen LogP contribution in [-0.4, -0.2) is 12.6 Å². The minimum absolute atomic E-state index is 0.0167. The van der Waals surface area contributed by atoms with Crippen LogP contribution in [0.2, 0.25) is 0 Å². The van der Waals surface area contributed by atoms with Crippen molar-refractivity contribution < 1.29 is 9.53 Å². The van der Waals surface area contributed by atoms with Crippen LogP contribution in [0.4, 0.5) is 0 Å². The maximum Gasteiger partial charge on any atom is 0.312 e. The minimum Gasteiger partial charge on any atom is -0.465 e. The molecule has 3 rings (SSSR count). The fourth-order valence-electron chi connectivity index (χ4n) is 3.83. The zero-order valence-electron chi connectivity index (χ0n) is 8.08. The molecule has 2 saturated carbocycles. The Morgan fingerprint density at radius 2 is 2.31 bits per heavy atom. The average Bonchev–Trinajstić information content (AvgIpc) is 2.70. The van der Waals surface area contributed by atoms with Gasteiger partial charge in [0, 0.05) is 0 Å². The van der Waals surface area contributed by atoms with E-state index in [0.717, 1.165) is 24.7 Å². The predicted molar refractivity (Wildman–Crippen MR) is 48.0 cm³/mol. The third kappa shape index (κ3) is 0.818. The molecular weight excluding hydrogens is 164 g/mol. The van der Waals surface area contributed by atoms with Crippen LogP contribution in [-0.2, 0) is 9.53 Å². The van der Waals surface area contributed by atoms with Gasteiger partial charge < -0.3 is 4.74 Å². The number of esters is 1. The molecule has 1 aliphatic heterocycles. The number of hydrogen-bond acceptors (Lipinski definition) is 2. The summed E-state index contributed by atoms with van der Waals surface area (Å²) in [6.45, 7) is 3.01. The van der Waals surface area contributed by atoms with E-state index in [1.165, 1.54) is 12.8 Å². The smallest absolute Gasteiger partial charge is 0.312 e. The SMILES string of the molecule is C[C@H]1CC2CC1CC21CCOC1=O. The van der Waals surface area contributed by atoms with Crippen molar-refractivity contribution in [3.63, 3.8) is 0 Å². The van der Waals surface area contributed by atoms with E-state index in [1.807, 2.05) is 0 Å². The Hall–Kier alpha value is -0.530. The third-order valence-electron chi connectivity index (χ3n) is 4.64. The summed E-state index contributed by atoms with van der Waals surface area (Å²) in [7, 11) is 0. The molecule has 1 spiro atoms. The minimum atomic E-state index is -0.0167. The second-order valence-corrected chi connectivity index (χ2v) is 5.15. The average molecular weight is 180 g/mol. The second-order valence-electron chi connectivity index (χ2n) is 5.15. The molecule has 1 heterocycles. The van der Waals surface area contributed by atoms with Crippen LogP contribution in [0.25, 0.3) is 0 Å². The van der Waals surface area contributed by atoms with Crippen LogP contribution < -0.4 is 0 Å². The van der Waals surface area contributed by atoms with Gasteiger partial charge in [0.25, 0.3) is 0 Å². The lowest BCUT2D eigenvalue weighted by atomic mass is 9.70. The quantitative estimate of drug-likeness (QED) is 0.533. The van der Waals surface area contributed by atoms with Crippen molar-refractivity contribution in [2.24, 2.45) is 23.2 Å². The zero-order valence-corrected chi connectivity index (χ0v) is 8.08. The third-order valence-corrected chi connectivity index (χ3v) is 4.64. The Balaban J connectivity index is 1.92. The van der Waals surface area contributed by atoms with Crippen LogP contribution in [0.1, 0.15) is 32.6 Å². The van der Waals surface area contributed by atoms with E-state index < -0.39 is 0 Å². The second kappa shape index (κ2) is 2.28. The summed E-state index contributed by atoms with van der Waals surface area (Å²) in [4.78, 5) is 11.7. The van der Waals surface area contributed by atoms with Gasteiger partial charge in [0.2, 0.25) is 0 Å². The topological polar surface area (TPSA) is 26.3 Å². The molecule has 4 atom stereocenters. The van der Waals surface area contributed by atoms with E-state index in [1.54, 1.807) is 0 Å². The first-order valence-electron chi connectivity index (χ1n) is 5.39. The summed E-state index contributed by atoms with van der Waals surface area (Å²) >= 11 is 0. The van der Waals surface area contributed by atoms with E-state index in [2.05, 4.69) is 6.92 Å². The van der Waals surface area contributed by atoms with Crippen molar-refractivity contribution in [2.75, 3.05) is 6.61 Å². The number of carbonyl (C=O) groups is 1. The number of cyclic esters (lactones) is 1. The van der Waals surface area contributed by atoms with Crippen molar-refractivity contribution >= 4 is 5.97 Å². The van der Waals surface area contributed by atoms with Gasteiger partial charge in [-0.2, -0.15) is 0 Å². The van der Waals surface area contributed by atoms with E-state index >= 15 is 0 Å². The van der Waals surface area contributed by atoms with Crippen LogP contribution in [0, 0.1) is 23.2 Å². The Labute approximate surface area is 78.6 Å². The van der Waals surface area contributed by atoms with Crippen LogP contribution in [0.15, 0.2) is 0 Å². The Bertz CT molecular complexity index is 259. The summed E-state index contributed by atoms with van der Waals surface area (Å²) in [6, 6.07) is 0. The van der Waals surface area contributed by atoms with Gasteiger partial charge in [-0.15, -0.1) is 0 Å². The highest BCUT2D eigenvalue weighted by molar-refractivity contribution is 5.79. The molecule has 3 unspecified atom stereocenters. The van der Waals surface area contributed by atoms with E-state index in [4.69, 9.17) is 4.74 Å². The Kier molecular flexibility index (Phi) is 1.38. The van der Waals surface area contributed by atoms with Gasteiger partial charge in [-0.1, -0.05) is 6.92 Å². The number of carbonyl (C=O) groups excluding carboxylic acids is 1. The highest BCUT2D eigenvalue weighted by atomic mass is 16.5. The molecule has 3 fully saturated rings. The number of ether oxygens (including phenoxy) is 1. The lowest BCUT2D eigenvalue weighted by Crippen LogP contribution is -2.34. The normalized spacial score (nSPS) is 53.3. The van der Waals surface area contributed by atoms with Crippen molar-refractivity contribution in [1.82, 2.24) is 0 Å². The van der Waals surface area contributed by atoms with Crippen molar-refractivity contribution in [3.05, 3.63) is 0 Å². The molecule has 2 aliphatic carbocycles. The molecule has 2 nitrogen and oxygen atoms in total. The van der Waals surface area contributed by atoms with Gasteiger partial charge in [-0.25, -0.2) is 0 Å². The largest absolute Gasteiger partial charge is 0.465 e. The van der Waals surface area contributed by atoms with Gasteiger partial charge in [-0.05, 0) is 43.4 Å². The molecule has 13 heavy (non-hydrogen) atoms. The van der Waals surface area contributed by atoms with Crippen LogP contribution >= 0.6 is 0 Å². The summed E-state index contributed by atoms with van der Waals surface area (Å²) in [5, 5.41) is 0. The molecule has 2 heteroatoms. The molecule has 3 aliphatic rings. The van der Waals surface area contributed by atoms with Crippen molar-refractivity contribution in [3.8, 4) is 0 Å². The van der Waals surface area contributed by atoms with Gasteiger partial charge in [-0.3, -0.25) is 4.79 Å². The summed E-state index contributed by atoms with van der Waals surface area (Å²) in [5.41, 5.74) is -0.0167. The molecule has 0 aromatic rings. The first-order chi connectivity index (χ1) is 6.22. The van der Waals surface area contributed by atoms with Gasteiger partial charge in [0.05, 0.1) is 12.0 Å². The monoisotopic (exact) mass is 180 g/mol. The number of rotatable bonds is 0. The molecule has 2 bridgehead atoms. The maximum atomic E-state index is 11.7. The number of fused-ring (bicyclic) bond motifs is 3. The fraction of sp³-hybridized carbons (Fsp3) is 0.909. The first-order valence-corrected chi connectivity index (χ1v) is 5.39. The van der Waals surface area contributed by atoms with Crippen LogP contribution in [0.5, 0.6) is 0 Å². The molecule has 0 aromatic heterocycles. The first kappa shape index (κ1) is 7.84. The molecule has 0 aromatic carbocycles. The lowest BCUT2D eigenvalue weighted by molar-refractivity contribution is -0.149. The zero-order chi connectivity index (χ0) is 9.05. The van der Waals surface area contributed by atoms with Gasteiger partial charge in [0.1, 0.15) is 0 Å². The van der Waals surface area contributed by atoms with E-state index in [0.29, 0.717) is 12.5 Å². The summed E-state index contributed by atoms with van der Waals surface area (Å²) < 4.78 is 5.14. The predicted octanol–water partition coefficient (Wildman–Crippen LogP) is 1.99. The van der Waals surface area contributed by atoms with Gasteiger partial charge >= 0.3 is 5.97 Å². The van der Waals surface area contributed by atoms with E-state index in [9.17, 15) is 4.79 Å². The molecule has 1 saturated heterocycles. The van der Waals surface area contributed by atoms with Crippen molar-refractivity contribution in [1.29, 1.82) is 0 Å². The molecule has 0 radical (unpaired) electrons.